The summed E-state index contributed by atoms with van der Waals surface area (Å²) >= 11 is 1.12. The molecular weight excluding hydrogens is 232 g/mol. The van der Waals surface area contributed by atoms with E-state index in [1.807, 2.05) is 0 Å². The number of rotatable bonds is 2. The van der Waals surface area contributed by atoms with Crippen LogP contribution < -0.4 is 5.32 Å². The van der Waals surface area contributed by atoms with Gasteiger partial charge in [0.05, 0.1) is 17.9 Å². The Morgan fingerprint density at radius 1 is 1.44 bits per heavy atom. The lowest BCUT2D eigenvalue weighted by Crippen LogP contribution is -2.34. The second-order valence-electron chi connectivity index (χ2n) is 3.23. The summed E-state index contributed by atoms with van der Waals surface area (Å²) in [4.78, 5) is 35.4. The van der Waals surface area contributed by atoms with Crippen LogP contribution in [0.5, 0.6) is 0 Å². The molecule has 1 N–H and O–H groups in total. The molecule has 7 heteroatoms. The average Bonchev–Trinajstić information content (AvgIpc) is 2.58. The normalized spacial score (nSPS) is 15.1. The van der Waals surface area contributed by atoms with Crippen molar-refractivity contribution in [2.75, 3.05) is 27.0 Å². The number of nitrogens with zero attached hydrogens (tertiary/aromatic N) is 1. The number of amides is 2. The molecule has 0 aliphatic carbocycles. The third-order valence-electron chi connectivity index (χ3n) is 1.87. The zero-order chi connectivity index (χ0) is 12.3. The Morgan fingerprint density at radius 3 is 2.56 bits per heavy atom. The van der Waals surface area contributed by atoms with E-state index in [9.17, 15) is 14.4 Å². The molecule has 0 aromatic carbocycles. The number of carbonyl (C=O) groups is 3. The van der Waals surface area contributed by atoms with Crippen molar-refractivity contribution < 1.29 is 19.1 Å². The van der Waals surface area contributed by atoms with Crippen molar-refractivity contribution in [3.05, 3.63) is 10.6 Å². The number of hydrogen-bond acceptors (Lipinski definition) is 5. The van der Waals surface area contributed by atoms with Crippen molar-refractivity contribution in [3.8, 4) is 0 Å². The Kier molecular flexibility index (Phi) is 3.94. The largest absolute Gasteiger partial charge is 0.465 e. The van der Waals surface area contributed by atoms with Crippen molar-refractivity contribution in [2.45, 2.75) is 0 Å². The fourth-order valence-corrected chi connectivity index (χ4v) is 1.95. The van der Waals surface area contributed by atoms with E-state index in [2.05, 4.69) is 10.1 Å². The van der Waals surface area contributed by atoms with Gasteiger partial charge < -0.3 is 15.0 Å². The molecular formula is C9H12N2O4S. The molecule has 0 saturated carbocycles. The number of ketones is 1. The lowest BCUT2D eigenvalue weighted by Gasteiger charge is -2.12. The quantitative estimate of drug-likeness (QED) is 0.545. The van der Waals surface area contributed by atoms with Crippen LogP contribution in [0.15, 0.2) is 10.6 Å². The number of urea groups is 1. The summed E-state index contributed by atoms with van der Waals surface area (Å²) in [5, 5.41) is 2.74. The molecule has 1 heterocycles. The Morgan fingerprint density at radius 2 is 2.06 bits per heavy atom. The molecule has 1 rings (SSSR count). The van der Waals surface area contributed by atoms with Gasteiger partial charge in [-0.25, -0.2) is 9.59 Å². The minimum absolute atomic E-state index is 0.0808. The van der Waals surface area contributed by atoms with Crippen molar-refractivity contribution in [1.82, 2.24) is 10.2 Å². The minimum Gasteiger partial charge on any atom is -0.465 e. The molecule has 88 valence electrons. The van der Waals surface area contributed by atoms with E-state index in [1.165, 1.54) is 12.0 Å². The lowest BCUT2D eigenvalue weighted by molar-refractivity contribution is -0.137. The second-order valence-corrected chi connectivity index (χ2v) is 4.22. The smallest absolute Gasteiger partial charge is 0.344 e. The number of nitrogens with one attached hydrogen (secondary N) is 1. The van der Waals surface area contributed by atoms with Crippen LogP contribution in [0.4, 0.5) is 4.79 Å². The maximum Gasteiger partial charge on any atom is 0.344 e. The number of thioether (sulfide) groups is 1. The van der Waals surface area contributed by atoms with E-state index in [1.54, 1.807) is 14.1 Å². The molecule has 0 fully saturated rings. The van der Waals surface area contributed by atoms with E-state index in [-0.39, 0.29) is 22.1 Å². The van der Waals surface area contributed by atoms with Crippen LogP contribution in [0.25, 0.3) is 0 Å². The SMILES string of the molecule is COC(=O)C1=C(NC(=O)N(C)C)SCC1=O. The number of ether oxygens (including phenoxy) is 1. The van der Waals surface area contributed by atoms with Crippen LogP contribution in [0.3, 0.4) is 0 Å². The first kappa shape index (κ1) is 12.6. The third-order valence-corrected chi connectivity index (χ3v) is 2.87. The topological polar surface area (TPSA) is 75.7 Å². The van der Waals surface area contributed by atoms with Crippen molar-refractivity contribution in [1.29, 1.82) is 0 Å². The number of carbonyl (C=O) groups excluding carboxylic acids is 3. The van der Waals surface area contributed by atoms with Crippen molar-refractivity contribution in [3.63, 3.8) is 0 Å². The predicted octanol–water partition coefficient (Wildman–Crippen LogP) is -0.0419. The van der Waals surface area contributed by atoms with Gasteiger partial charge >= 0.3 is 12.0 Å². The first-order valence-corrected chi connectivity index (χ1v) is 5.42. The zero-order valence-electron chi connectivity index (χ0n) is 9.20. The fourth-order valence-electron chi connectivity index (χ4n) is 1.02. The average molecular weight is 244 g/mol. The maximum atomic E-state index is 11.4. The van der Waals surface area contributed by atoms with Gasteiger partial charge in [0.1, 0.15) is 5.57 Å². The lowest BCUT2D eigenvalue weighted by atomic mass is 10.2. The number of esters is 1. The first-order chi connectivity index (χ1) is 7.47. The Bertz CT molecular complexity index is 376. The summed E-state index contributed by atoms with van der Waals surface area (Å²) in [6.07, 6.45) is 0. The van der Waals surface area contributed by atoms with Crippen LogP contribution in [0, 0.1) is 0 Å². The summed E-state index contributed by atoms with van der Waals surface area (Å²) in [6, 6.07) is -0.390. The van der Waals surface area contributed by atoms with Crippen molar-refractivity contribution >= 4 is 29.5 Å². The van der Waals surface area contributed by atoms with Gasteiger partial charge in [-0.1, -0.05) is 11.8 Å². The van der Waals surface area contributed by atoms with Crippen LogP contribution >= 0.6 is 11.8 Å². The molecule has 1 aliphatic heterocycles. The first-order valence-electron chi connectivity index (χ1n) is 4.44. The Balaban J connectivity index is 2.91. The predicted molar refractivity (Wildman–Crippen MR) is 58.7 cm³/mol. The minimum atomic E-state index is -0.718. The maximum absolute atomic E-state index is 11.4. The van der Waals surface area contributed by atoms with Gasteiger partial charge in [-0.15, -0.1) is 0 Å². The molecule has 6 nitrogen and oxygen atoms in total. The molecule has 16 heavy (non-hydrogen) atoms. The standard InChI is InChI=1S/C9H12N2O4S/c1-11(2)9(14)10-7-6(8(13)15-3)5(12)4-16-7/h4H2,1-3H3,(H,10,14). The summed E-state index contributed by atoms with van der Waals surface area (Å²) < 4.78 is 4.48. The van der Waals surface area contributed by atoms with Crippen LogP contribution in [-0.2, 0) is 14.3 Å². The number of methoxy groups -OCH3 is 1. The van der Waals surface area contributed by atoms with E-state index < -0.39 is 12.0 Å². The highest BCUT2D eigenvalue weighted by atomic mass is 32.2. The van der Waals surface area contributed by atoms with E-state index in [0.29, 0.717) is 0 Å². The summed E-state index contributed by atoms with van der Waals surface area (Å²) in [5.41, 5.74) is -0.0808. The molecule has 0 aromatic heterocycles. The molecule has 0 aromatic rings. The second kappa shape index (κ2) is 5.02. The number of hydrogen-bond donors (Lipinski definition) is 1. The van der Waals surface area contributed by atoms with Crippen LogP contribution in [0.1, 0.15) is 0 Å². The highest BCUT2D eigenvalue weighted by Gasteiger charge is 2.31. The van der Waals surface area contributed by atoms with Gasteiger partial charge in [-0.05, 0) is 0 Å². The molecule has 0 atom stereocenters. The Labute approximate surface area is 97.0 Å². The molecule has 0 radical (unpaired) electrons. The summed E-state index contributed by atoms with van der Waals surface area (Å²) in [7, 11) is 4.32. The molecule has 0 bridgehead atoms. The summed E-state index contributed by atoms with van der Waals surface area (Å²) in [6.45, 7) is 0. The van der Waals surface area contributed by atoms with Gasteiger partial charge in [0.15, 0.2) is 5.78 Å². The molecule has 0 spiro atoms. The van der Waals surface area contributed by atoms with E-state index in [4.69, 9.17) is 0 Å². The summed E-state index contributed by atoms with van der Waals surface area (Å²) in [5.74, 6) is -0.900. The monoisotopic (exact) mass is 244 g/mol. The van der Waals surface area contributed by atoms with Crippen LogP contribution in [-0.4, -0.2) is 49.6 Å². The third kappa shape index (κ3) is 2.54. The highest BCUT2D eigenvalue weighted by Crippen LogP contribution is 2.27. The molecule has 2 amide bonds. The highest BCUT2D eigenvalue weighted by molar-refractivity contribution is 8.04. The Hall–Kier alpha value is -1.50. The molecule has 0 saturated heterocycles. The number of Topliss-reactive ketones (excluding diaryl/α,β-unsaturated/α-hetero) is 1. The molecule has 0 unspecified atom stereocenters. The van der Waals surface area contributed by atoms with Gasteiger partial charge in [-0.3, -0.25) is 4.79 Å². The van der Waals surface area contributed by atoms with Crippen LogP contribution in [0.2, 0.25) is 0 Å². The fraction of sp³-hybridized carbons (Fsp3) is 0.444. The van der Waals surface area contributed by atoms with Gasteiger partial charge in [0.2, 0.25) is 0 Å². The van der Waals surface area contributed by atoms with Gasteiger partial charge in [0, 0.05) is 14.1 Å². The van der Waals surface area contributed by atoms with Gasteiger partial charge in [0.25, 0.3) is 0 Å². The van der Waals surface area contributed by atoms with Gasteiger partial charge in [-0.2, -0.15) is 0 Å². The van der Waals surface area contributed by atoms with E-state index in [0.717, 1.165) is 11.8 Å². The zero-order valence-corrected chi connectivity index (χ0v) is 10.0. The molecule has 1 aliphatic rings. The van der Waals surface area contributed by atoms with E-state index >= 15 is 0 Å². The van der Waals surface area contributed by atoms with Crippen molar-refractivity contribution in [2.24, 2.45) is 0 Å².